The summed E-state index contributed by atoms with van der Waals surface area (Å²) < 4.78 is 17.4. The highest BCUT2D eigenvalue weighted by molar-refractivity contribution is 9.10. The van der Waals surface area contributed by atoms with Crippen LogP contribution in [0.15, 0.2) is 49.8 Å². The molecule has 0 bridgehead atoms. The summed E-state index contributed by atoms with van der Waals surface area (Å²) in [6, 6.07) is 10.2. The Morgan fingerprint density at radius 1 is 1.08 bits per heavy atom. The summed E-state index contributed by atoms with van der Waals surface area (Å²) in [7, 11) is 0. The van der Waals surface area contributed by atoms with Gasteiger partial charge in [-0.3, -0.25) is 0 Å². The number of fused-ring (bicyclic) bond motifs is 1. The van der Waals surface area contributed by atoms with Crippen molar-refractivity contribution in [1.82, 2.24) is 0 Å². The van der Waals surface area contributed by atoms with Gasteiger partial charge in [-0.2, -0.15) is 0 Å². The molecular formula is C19H14Br2O5. The van der Waals surface area contributed by atoms with Crippen molar-refractivity contribution < 1.29 is 23.5 Å². The summed E-state index contributed by atoms with van der Waals surface area (Å²) in [5.74, 6) is -0.270. The quantitative estimate of drug-likeness (QED) is 0.355. The molecule has 0 radical (unpaired) electrons. The maximum absolute atomic E-state index is 12.5. The minimum Gasteiger partial charge on any atom is -0.462 e. The molecule has 0 atom stereocenters. The van der Waals surface area contributed by atoms with Crippen LogP contribution in [-0.2, 0) is 4.74 Å². The van der Waals surface area contributed by atoms with Crippen LogP contribution in [0.4, 0.5) is 0 Å². The minimum absolute atomic E-state index is 0.255. The highest BCUT2D eigenvalue weighted by atomic mass is 79.9. The van der Waals surface area contributed by atoms with E-state index >= 15 is 0 Å². The largest absolute Gasteiger partial charge is 0.462 e. The van der Waals surface area contributed by atoms with Crippen molar-refractivity contribution in [3.8, 4) is 5.75 Å². The molecule has 0 aliphatic heterocycles. The molecule has 1 aromatic heterocycles. The fourth-order valence-electron chi connectivity index (χ4n) is 2.54. The summed E-state index contributed by atoms with van der Waals surface area (Å²) in [5.41, 5.74) is 1.22. The Balaban J connectivity index is 2.02. The average Bonchev–Trinajstić information content (AvgIpc) is 2.90. The molecule has 0 unspecified atom stereocenters. The van der Waals surface area contributed by atoms with E-state index in [2.05, 4.69) is 31.9 Å². The number of esters is 2. The Hall–Kier alpha value is -2.12. The van der Waals surface area contributed by atoms with Crippen molar-refractivity contribution in [2.45, 2.75) is 13.8 Å². The number of ether oxygens (including phenoxy) is 2. The summed E-state index contributed by atoms with van der Waals surface area (Å²) in [6.45, 7) is 3.68. The maximum Gasteiger partial charge on any atom is 0.344 e. The van der Waals surface area contributed by atoms with E-state index in [0.29, 0.717) is 36.8 Å². The van der Waals surface area contributed by atoms with E-state index in [1.165, 1.54) is 0 Å². The topological polar surface area (TPSA) is 65.7 Å². The molecule has 0 aliphatic rings. The Labute approximate surface area is 166 Å². The molecule has 3 rings (SSSR count). The molecule has 3 aromatic rings. The molecule has 0 N–H and O–H groups in total. The third-order valence-corrected chi connectivity index (χ3v) is 5.01. The zero-order valence-corrected chi connectivity index (χ0v) is 17.1. The second-order valence-corrected chi connectivity index (χ2v) is 7.11. The molecule has 0 spiro atoms. The molecule has 2 aromatic carbocycles. The van der Waals surface area contributed by atoms with E-state index in [1.807, 2.05) is 6.07 Å². The summed E-state index contributed by atoms with van der Waals surface area (Å²) >= 11 is 6.70. The third kappa shape index (κ3) is 3.54. The summed E-state index contributed by atoms with van der Waals surface area (Å²) in [5, 5.41) is 0.527. The highest BCUT2D eigenvalue weighted by Gasteiger charge is 2.22. The van der Waals surface area contributed by atoms with Crippen LogP contribution in [0.25, 0.3) is 11.0 Å². The Kier molecular flexibility index (Phi) is 5.48. The van der Waals surface area contributed by atoms with Gasteiger partial charge in [-0.05, 0) is 70.0 Å². The number of halogens is 2. The Morgan fingerprint density at radius 3 is 2.50 bits per heavy atom. The van der Waals surface area contributed by atoms with Gasteiger partial charge in [0.05, 0.1) is 16.6 Å². The summed E-state index contributed by atoms with van der Waals surface area (Å²) in [4.78, 5) is 24.7. The van der Waals surface area contributed by atoms with Crippen molar-refractivity contribution >= 4 is 54.8 Å². The minimum atomic E-state index is -0.518. The van der Waals surface area contributed by atoms with Crippen LogP contribution in [0.1, 0.15) is 33.4 Å². The van der Waals surface area contributed by atoms with Crippen molar-refractivity contribution in [2.24, 2.45) is 0 Å². The van der Waals surface area contributed by atoms with Crippen LogP contribution in [0.2, 0.25) is 0 Å². The Morgan fingerprint density at radius 2 is 1.81 bits per heavy atom. The second-order valence-electron chi connectivity index (χ2n) is 5.40. The number of furan rings is 1. The first-order chi connectivity index (χ1) is 12.4. The highest BCUT2D eigenvalue weighted by Crippen LogP contribution is 2.36. The number of rotatable bonds is 4. The van der Waals surface area contributed by atoms with Gasteiger partial charge >= 0.3 is 11.9 Å². The molecule has 0 fully saturated rings. The zero-order chi connectivity index (χ0) is 18.8. The lowest BCUT2D eigenvalue weighted by Gasteiger charge is -2.08. The normalized spacial score (nSPS) is 10.8. The average molecular weight is 482 g/mol. The first kappa shape index (κ1) is 18.7. The molecular weight excluding hydrogens is 468 g/mol. The van der Waals surface area contributed by atoms with Gasteiger partial charge in [0.25, 0.3) is 0 Å². The van der Waals surface area contributed by atoms with E-state index in [1.54, 1.807) is 44.2 Å². The molecule has 5 nitrogen and oxygen atoms in total. The first-order valence-electron chi connectivity index (χ1n) is 7.78. The fourth-order valence-corrected chi connectivity index (χ4v) is 3.39. The van der Waals surface area contributed by atoms with Gasteiger partial charge in [-0.25, -0.2) is 9.59 Å². The lowest BCUT2D eigenvalue weighted by Crippen LogP contribution is -2.10. The number of hydrogen-bond donors (Lipinski definition) is 0. The number of aryl methyl sites for hydroxylation is 1. The van der Waals surface area contributed by atoms with Gasteiger partial charge < -0.3 is 13.9 Å². The standard InChI is InChI=1S/C19H14Br2O5/c1-3-24-19(23)17-10(2)25-15-9-14(21)16(8-12(15)17)26-18(22)11-6-4-5-7-13(11)20/h4-9H,3H2,1-2H3. The third-order valence-electron chi connectivity index (χ3n) is 3.69. The Bertz CT molecular complexity index is 1010. The first-order valence-corrected chi connectivity index (χ1v) is 9.37. The van der Waals surface area contributed by atoms with Crippen molar-refractivity contribution in [3.05, 3.63) is 62.2 Å². The lowest BCUT2D eigenvalue weighted by atomic mass is 10.1. The number of hydrogen-bond acceptors (Lipinski definition) is 5. The lowest BCUT2D eigenvalue weighted by molar-refractivity contribution is 0.0526. The number of carbonyl (C=O) groups excluding carboxylic acids is 2. The van der Waals surface area contributed by atoms with E-state index < -0.39 is 11.9 Å². The monoisotopic (exact) mass is 480 g/mol. The van der Waals surface area contributed by atoms with Crippen LogP contribution in [0.5, 0.6) is 5.75 Å². The molecule has 0 saturated carbocycles. The van der Waals surface area contributed by atoms with Crippen molar-refractivity contribution in [3.63, 3.8) is 0 Å². The van der Waals surface area contributed by atoms with Gasteiger partial charge in [0.1, 0.15) is 22.7 Å². The molecule has 7 heteroatoms. The van der Waals surface area contributed by atoms with Crippen molar-refractivity contribution in [2.75, 3.05) is 6.61 Å². The van der Waals surface area contributed by atoms with Gasteiger partial charge in [-0.15, -0.1) is 0 Å². The van der Waals surface area contributed by atoms with Crippen LogP contribution in [0.3, 0.4) is 0 Å². The van der Waals surface area contributed by atoms with E-state index in [9.17, 15) is 9.59 Å². The predicted molar refractivity (Wildman–Crippen MR) is 104 cm³/mol. The number of carbonyl (C=O) groups is 2. The molecule has 1 heterocycles. The van der Waals surface area contributed by atoms with Gasteiger partial charge in [0.15, 0.2) is 0 Å². The SMILES string of the molecule is CCOC(=O)c1c(C)oc2cc(Br)c(OC(=O)c3ccccc3Br)cc12. The van der Waals surface area contributed by atoms with E-state index in [0.717, 1.165) is 0 Å². The molecule has 0 aliphatic carbocycles. The number of benzene rings is 2. The molecule has 0 saturated heterocycles. The van der Waals surface area contributed by atoms with Gasteiger partial charge in [0.2, 0.25) is 0 Å². The van der Waals surface area contributed by atoms with E-state index in [4.69, 9.17) is 13.9 Å². The van der Waals surface area contributed by atoms with Crippen LogP contribution < -0.4 is 4.74 Å². The molecule has 26 heavy (non-hydrogen) atoms. The summed E-state index contributed by atoms with van der Waals surface area (Å²) in [6.07, 6.45) is 0. The zero-order valence-electron chi connectivity index (χ0n) is 14.0. The van der Waals surface area contributed by atoms with Gasteiger partial charge in [0, 0.05) is 9.86 Å². The van der Waals surface area contributed by atoms with E-state index in [-0.39, 0.29) is 12.4 Å². The van der Waals surface area contributed by atoms with Crippen LogP contribution in [0, 0.1) is 6.92 Å². The van der Waals surface area contributed by atoms with Crippen LogP contribution in [-0.4, -0.2) is 18.5 Å². The maximum atomic E-state index is 12.5. The predicted octanol–water partition coefficient (Wildman–Crippen LogP) is 5.66. The smallest absolute Gasteiger partial charge is 0.344 e. The second kappa shape index (κ2) is 7.63. The fraction of sp³-hybridized carbons (Fsp3) is 0.158. The van der Waals surface area contributed by atoms with Crippen molar-refractivity contribution in [1.29, 1.82) is 0 Å². The molecule has 134 valence electrons. The molecule has 0 amide bonds. The van der Waals surface area contributed by atoms with Crippen LogP contribution >= 0.6 is 31.9 Å². The van der Waals surface area contributed by atoms with Gasteiger partial charge in [-0.1, -0.05) is 12.1 Å².